The fraction of sp³-hybridized carbons (Fsp3) is 0.444. The largest absolute Gasteiger partial charge is 0.261 e. The van der Waals surface area contributed by atoms with E-state index in [0.717, 1.165) is 5.56 Å². The minimum Gasteiger partial charge on any atom is -0.243 e. The van der Waals surface area contributed by atoms with Crippen molar-refractivity contribution in [2.45, 2.75) is 24.4 Å². The highest BCUT2D eigenvalue weighted by atomic mass is 32.2. The Bertz CT molecular complexity index is 479. The molecule has 1 aromatic heterocycles. The molecular formula is C9H12N2O2S. The number of sulfonamides is 1. The summed E-state index contributed by atoms with van der Waals surface area (Å²) >= 11 is 0. The van der Waals surface area contributed by atoms with Gasteiger partial charge in [-0.1, -0.05) is 6.07 Å². The van der Waals surface area contributed by atoms with Crippen LogP contribution in [0.15, 0.2) is 23.4 Å². The number of aromatic nitrogens is 1. The Balaban J connectivity index is 2.83. The van der Waals surface area contributed by atoms with Crippen molar-refractivity contribution in [1.82, 2.24) is 9.29 Å². The molecule has 0 atom stereocenters. The Morgan fingerprint density at radius 1 is 1.43 bits per heavy atom. The summed E-state index contributed by atoms with van der Waals surface area (Å²) in [5, 5.41) is 0.188. The summed E-state index contributed by atoms with van der Waals surface area (Å²) < 4.78 is 25.1. The lowest BCUT2D eigenvalue weighted by Crippen LogP contribution is -2.35. The van der Waals surface area contributed by atoms with Crippen LogP contribution in [0.4, 0.5) is 0 Å². The zero-order chi connectivity index (χ0) is 10.6. The van der Waals surface area contributed by atoms with E-state index in [1.165, 1.54) is 10.5 Å². The Labute approximate surface area is 83.6 Å². The van der Waals surface area contributed by atoms with Crippen molar-refractivity contribution < 1.29 is 8.42 Å². The zero-order valence-electron chi connectivity index (χ0n) is 8.35. The monoisotopic (exact) mass is 212 g/mol. The molecule has 1 aromatic rings. The first-order valence-corrected chi connectivity index (χ1v) is 5.77. The highest BCUT2D eigenvalue weighted by molar-refractivity contribution is 7.89. The molecule has 0 fully saturated rings. The molecular weight excluding hydrogens is 200 g/mol. The highest BCUT2D eigenvalue weighted by Gasteiger charge is 2.46. The lowest BCUT2D eigenvalue weighted by Gasteiger charge is -2.25. The van der Waals surface area contributed by atoms with Gasteiger partial charge in [0.15, 0.2) is 5.03 Å². The molecule has 0 bridgehead atoms. The summed E-state index contributed by atoms with van der Waals surface area (Å²) in [6, 6.07) is 3.57. The molecule has 5 heteroatoms. The van der Waals surface area contributed by atoms with Crippen LogP contribution in [-0.4, -0.2) is 24.8 Å². The van der Waals surface area contributed by atoms with Crippen molar-refractivity contribution in [3.8, 4) is 0 Å². The second-order valence-electron chi connectivity index (χ2n) is 3.89. The molecule has 4 nitrogen and oxygen atoms in total. The van der Waals surface area contributed by atoms with Crippen LogP contribution in [0.3, 0.4) is 0 Å². The molecule has 0 saturated carbocycles. The number of nitrogens with zero attached hydrogens (tertiary/aromatic N) is 2. The molecule has 0 amide bonds. The van der Waals surface area contributed by atoms with Gasteiger partial charge in [0.05, 0.1) is 5.54 Å². The molecule has 1 aliphatic rings. The van der Waals surface area contributed by atoms with Gasteiger partial charge in [0.2, 0.25) is 0 Å². The van der Waals surface area contributed by atoms with Gasteiger partial charge in [-0.2, -0.15) is 4.31 Å². The minimum absolute atomic E-state index is 0.188. The average Bonchev–Trinajstić information content (AvgIpc) is 2.28. The van der Waals surface area contributed by atoms with E-state index in [9.17, 15) is 8.42 Å². The van der Waals surface area contributed by atoms with Crippen molar-refractivity contribution in [3.63, 3.8) is 0 Å². The van der Waals surface area contributed by atoms with Crippen LogP contribution in [0, 0.1) is 0 Å². The maximum Gasteiger partial charge on any atom is 0.261 e. The molecule has 0 radical (unpaired) electrons. The topological polar surface area (TPSA) is 50.3 Å². The van der Waals surface area contributed by atoms with Gasteiger partial charge in [-0.3, -0.25) is 0 Å². The van der Waals surface area contributed by atoms with Crippen molar-refractivity contribution in [1.29, 1.82) is 0 Å². The number of rotatable bonds is 0. The first kappa shape index (κ1) is 9.61. The maximum absolute atomic E-state index is 11.9. The maximum atomic E-state index is 11.9. The zero-order valence-corrected chi connectivity index (χ0v) is 9.17. The summed E-state index contributed by atoms with van der Waals surface area (Å²) in [6.07, 6.45) is 1.51. The van der Waals surface area contributed by atoms with Gasteiger partial charge in [0.1, 0.15) is 0 Å². The molecule has 14 heavy (non-hydrogen) atoms. The molecule has 1 aliphatic heterocycles. The second kappa shape index (κ2) is 2.55. The molecule has 0 saturated heterocycles. The number of hydrogen-bond donors (Lipinski definition) is 0. The van der Waals surface area contributed by atoms with Crippen molar-refractivity contribution in [2.75, 3.05) is 7.05 Å². The second-order valence-corrected chi connectivity index (χ2v) is 5.77. The standard InChI is InChI=1S/C9H12N2O2S/c1-9(2)7-5-4-6-10-8(7)14(12,13)11(9)3/h4-6H,1-3H3. The summed E-state index contributed by atoms with van der Waals surface area (Å²) in [4.78, 5) is 3.93. The van der Waals surface area contributed by atoms with Gasteiger partial charge in [0, 0.05) is 18.8 Å². The third kappa shape index (κ3) is 0.965. The van der Waals surface area contributed by atoms with Crippen LogP contribution in [-0.2, 0) is 15.6 Å². The van der Waals surface area contributed by atoms with Gasteiger partial charge in [-0.25, -0.2) is 13.4 Å². The van der Waals surface area contributed by atoms with E-state index >= 15 is 0 Å². The molecule has 0 spiro atoms. The molecule has 0 aliphatic carbocycles. The predicted octanol–water partition coefficient (Wildman–Crippen LogP) is 0.951. The summed E-state index contributed by atoms with van der Waals surface area (Å²) in [5.74, 6) is 0. The first-order valence-electron chi connectivity index (χ1n) is 4.33. The quantitative estimate of drug-likeness (QED) is 0.643. The van der Waals surface area contributed by atoms with Gasteiger partial charge in [-0.15, -0.1) is 0 Å². The third-order valence-corrected chi connectivity index (χ3v) is 4.81. The normalized spacial score (nSPS) is 23.4. The summed E-state index contributed by atoms with van der Waals surface area (Å²) in [6.45, 7) is 3.75. The molecule has 2 heterocycles. The lowest BCUT2D eigenvalue weighted by molar-refractivity contribution is 0.286. The minimum atomic E-state index is -3.37. The SMILES string of the molecule is CN1C(C)(C)c2cccnc2S1(=O)=O. The summed E-state index contributed by atoms with van der Waals surface area (Å²) in [7, 11) is -1.79. The van der Waals surface area contributed by atoms with Crippen LogP contribution in [0.1, 0.15) is 19.4 Å². The van der Waals surface area contributed by atoms with Crippen LogP contribution in [0.25, 0.3) is 0 Å². The van der Waals surface area contributed by atoms with Gasteiger partial charge >= 0.3 is 0 Å². The van der Waals surface area contributed by atoms with Crippen LogP contribution < -0.4 is 0 Å². The van der Waals surface area contributed by atoms with Gasteiger partial charge in [0.25, 0.3) is 10.0 Å². The Kier molecular flexibility index (Phi) is 1.75. The predicted molar refractivity (Wildman–Crippen MR) is 52.2 cm³/mol. The van der Waals surface area contributed by atoms with Crippen molar-refractivity contribution >= 4 is 10.0 Å². The van der Waals surface area contributed by atoms with Gasteiger partial charge < -0.3 is 0 Å². The highest BCUT2D eigenvalue weighted by Crippen LogP contribution is 2.40. The van der Waals surface area contributed by atoms with Crippen LogP contribution in [0.2, 0.25) is 0 Å². The Hall–Kier alpha value is -0.940. The number of pyridine rings is 1. The number of hydrogen-bond acceptors (Lipinski definition) is 3. The van der Waals surface area contributed by atoms with Crippen LogP contribution >= 0.6 is 0 Å². The molecule has 76 valence electrons. The third-order valence-electron chi connectivity index (χ3n) is 2.82. The average molecular weight is 212 g/mol. The van der Waals surface area contributed by atoms with E-state index in [1.54, 1.807) is 13.1 Å². The van der Waals surface area contributed by atoms with E-state index < -0.39 is 15.6 Å². The van der Waals surface area contributed by atoms with Crippen molar-refractivity contribution in [3.05, 3.63) is 23.9 Å². The molecule has 0 N–H and O–H groups in total. The Morgan fingerprint density at radius 2 is 2.07 bits per heavy atom. The van der Waals surface area contributed by atoms with E-state index in [2.05, 4.69) is 4.98 Å². The van der Waals surface area contributed by atoms with Crippen molar-refractivity contribution in [2.24, 2.45) is 0 Å². The smallest absolute Gasteiger partial charge is 0.243 e. The fourth-order valence-corrected chi connectivity index (χ4v) is 3.41. The van der Waals surface area contributed by atoms with E-state index in [0.29, 0.717) is 0 Å². The van der Waals surface area contributed by atoms with E-state index in [4.69, 9.17) is 0 Å². The van der Waals surface area contributed by atoms with E-state index in [1.807, 2.05) is 19.9 Å². The van der Waals surface area contributed by atoms with Crippen LogP contribution in [0.5, 0.6) is 0 Å². The fourth-order valence-electron chi connectivity index (χ4n) is 1.66. The Morgan fingerprint density at radius 3 is 2.64 bits per heavy atom. The van der Waals surface area contributed by atoms with Gasteiger partial charge in [-0.05, 0) is 19.9 Å². The molecule has 0 aromatic carbocycles. The lowest BCUT2D eigenvalue weighted by atomic mass is 9.97. The molecule has 0 unspecified atom stereocenters. The first-order chi connectivity index (χ1) is 6.38. The molecule has 2 rings (SSSR count). The summed E-state index contributed by atoms with van der Waals surface area (Å²) in [5.41, 5.74) is 0.269. The van der Waals surface area contributed by atoms with E-state index in [-0.39, 0.29) is 5.03 Å². The number of fused-ring (bicyclic) bond motifs is 1.